The number of hydrogen-bond acceptors (Lipinski definition) is 11. The van der Waals surface area contributed by atoms with Crippen molar-refractivity contribution in [1.82, 2.24) is 20.3 Å². The highest BCUT2D eigenvalue weighted by Crippen LogP contribution is 2.42. The van der Waals surface area contributed by atoms with Crippen molar-refractivity contribution in [3.05, 3.63) is 35.5 Å². The Balaban J connectivity index is 1.21. The van der Waals surface area contributed by atoms with Crippen LogP contribution in [0.25, 0.3) is 0 Å². The molecule has 3 fully saturated rings. The molecule has 3 saturated heterocycles. The van der Waals surface area contributed by atoms with Crippen LogP contribution in [0.4, 0.5) is 23.1 Å². The largest absolute Gasteiger partial charge is 0.458 e. The molecule has 4 aliphatic rings. The smallest absolute Gasteiger partial charge is 0.253 e. The molecule has 6 rings (SSSR count). The number of fused-ring (bicyclic) bond motifs is 3. The number of aliphatic hydroxyl groups is 1. The summed E-state index contributed by atoms with van der Waals surface area (Å²) in [6.07, 6.45) is 3.44. The summed E-state index contributed by atoms with van der Waals surface area (Å²) in [4.78, 5) is 16.9. The normalized spacial score (nSPS) is 21.6. The lowest BCUT2D eigenvalue weighted by Gasteiger charge is -2.31. The van der Waals surface area contributed by atoms with Crippen molar-refractivity contribution < 1.29 is 9.84 Å². The van der Waals surface area contributed by atoms with Gasteiger partial charge in [-0.05, 0) is 56.0 Å². The molecule has 0 spiro atoms. The number of rotatable bonds is 7. The first-order valence-corrected chi connectivity index (χ1v) is 13.7. The number of nitrogens with one attached hydrogen (secondary N) is 2. The first kappa shape index (κ1) is 24.7. The molecule has 0 aliphatic carbocycles. The summed E-state index contributed by atoms with van der Waals surface area (Å²) in [7, 11) is 0. The number of nitriles is 1. The third-order valence-corrected chi connectivity index (χ3v) is 7.89. The third-order valence-electron chi connectivity index (χ3n) is 7.89. The SMILES string of the molecule is N#CCC1CCN(c2nc3c(c(Nc4ccc(N5CCCN(CCO)CC5)cc4)n2)C2OC2=NNC3)CC1. The summed E-state index contributed by atoms with van der Waals surface area (Å²) in [6, 6.07) is 10.8. The van der Waals surface area contributed by atoms with Crippen LogP contribution in [-0.4, -0.2) is 78.3 Å². The lowest BCUT2D eigenvalue weighted by molar-refractivity contribution is 0.204. The van der Waals surface area contributed by atoms with Crippen LogP contribution in [0.2, 0.25) is 0 Å². The molecule has 1 aromatic carbocycles. The van der Waals surface area contributed by atoms with Crippen molar-refractivity contribution in [2.75, 3.05) is 67.5 Å². The number of piperidine rings is 1. The number of β-amino-alcohol motifs (C(OH)–C–C–N with tert-alkyl or cyclic N) is 1. The maximum absolute atomic E-state index is 9.27. The van der Waals surface area contributed by atoms with Crippen molar-refractivity contribution in [2.24, 2.45) is 11.0 Å². The zero-order valence-corrected chi connectivity index (χ0v) is 21.6. The predicted molar refractivity (Wildman–Crippen MR) is 145 cm³/mol. The summed E-state index contributed by atoms with van der Waals surface area (Å²) in [5.74, 6) is 2.59. The summed E-state index contributed by atoms with van der Waals surface area (Å²) >= 11 is 0. The Kier molecular flexibility index (Phi) is 7.16. The molecular weight excluding hydrogens is 482 g/mol. The van der Waals surface area contributed by atoms with E-state index in [1.165, 1.54) is 5.69 Å². The molecule has 3 N–H and O–H groups in total. The molecule has 0 saturated carbocycles. The van der Waals surface area contributed by atoms with Crippen molar-refractivity contribution in [3.8, 4) is 6.07 Å². The molecule has 11 heteroatoms. The molecule has 1 unspecified atom stereocenters. The van der Waals surface area contributed by atoms with Gasteiger partial charge in [-0.1, -0.05) is 0 Å². The van der Waals surface area contributed by atoms with Gasteiger partial charge in [0, 0.05) is 57.1 Å². The lowest BCUT2D eigenvalue weighted by atomic mass is 9.94. The molecule has 1 aromatic heterocycles. The summed E-state index contributed by atoms with van der Waals surface area (Å²) in [6.45, 7) is 7.12. The number of hydrogen-bond donors (Lipinski definition) is 3. The number of anilines is 4. The van der Waals surface area contributed by atoms with E-state index in [-0.39, 0.29) is 12.7 Å². The van der Waals surface area contributed by atoms with E-state index < -0.39 is 0 Å². The molecule has 4 aliphatic heterocycles. The number of aromatic nitrogens is 2. The molecule has 1 atom stereocenters. The molecule has 2 aromatic rings. The minimum atomic E-state index is -0.212. The van der Waals surface area contributed by atoms with Gasteiger partial charge in [0.1, 0.15) is 5.82 Å². The Bertz CT molecular complexity index is 1200. The third kappa shape index (κ3) is 5.33. The van der Waals surface area contributed by atoms with Gasteiger partial charge in [0.25, 0.3) is 5.90 Å². The number of nitrogens with zero attached hydrogens (tertiary/aromatic N) is 7. The van der Waals surface area contributed by atoms with Crippen LogP contribution in [0.15, 0.2) is 29.4 Å². The maximum atomic E-state index is 9.27. The van der Waals surface area contributed by atoms with Crippen LogP contribution in [0.3, 0.4) is 0 Å². The van der Waals surface area contributed by atoms with E-state index in [0.29, 0.717) is 30.7 Å². The quantitative estimate of drug-likeness (QED) is 0.471. The van der Waals surface area contributed by atoms with Crippen molar-refractivity contribution in [1.29, 1.82) is 5.26 Å². The molecule has 0 amide bonds. The van der Waals surface area contributed by atoms with Gasteiger partial charge in [-0.3, -0.25) is 4.90 Å². The van der Waals surface area contributed by atoms with Crippen LogP contribution in [0.1, 0.15) is 43.0 Å². The predicted octanol–water partition coefficient (Wildman–Crippen LogP) is 2.34. The van der Waals surface area contributed by atoms with Gasteiger partial charge in [0.05, 0.1) is 30.5 Å². The fraction of sp³-hybridized carbons (Fsp3) is 0.556. The van der Waals surface area contributed by atoms with Crippen molar-refractivity contribution >= 4 is 29.0 Å². The monoisotopic (exact) mass is 517 g/mol. The van der Waals surface area contributed by atoms with Gasteiger partial charge in [0.2, 0.25) is 12.1 Å². The maximum Gasteiger partial charge on any atom is 0.253 e. The average Bonchev–Trinajstić information content (AvgIpc) is 3.74. The van der Waals surface area contributed by atoms with Gasteiger partial charge in [-0.2, -0.15) is 10.2 Å². The molecule has 11 nitrogen and oxygen atoms in total. The van der Waals surface area contributed by atoms with Crippen LogP contribution in [-0.2, 0) is 11.3 Å². The number of aliphatic hydroxyl groups excluding tert-OH is 1. The summed E-state index contributed by atoms with van der Waals surface area (Å²) in [5.41, 5.74) is 7.07. The second-order valence-electron chi connectivity index (χ2n) is 10.4. The fourth-order valence-electron chi connectivity index (χ4n) is 5.65. The molecule has 38 heavy (non-hydrogen) atoms. The first-order valence-electron chi connectivity index (χ1n) is 13.7. The molecule has 0 radical (unpaired) electrons. The average molecular weight is 518 g/mol. The lowest BCUT2D eigenvalue weighted by Crippen LogP contribution is -2.35. The first-order chi connectivity index (χ1) is 18.7. The number of epoxide rings is 1. The Hall–Kier alpha value is -3.62. The van der Waals surface area contributed by atoms with Crippen LogP contribution < -0.4 is 20.5 Å². The molecule has 200 valence electrons. The molecule has 5 heterocycles. The van der Waals surface area contributed by atoms with Gasteiger partial charge in [0.15, 0.2) is 0 Å². The Labute approximate surface area is 223 Å². The van der Waals surface area contributed by atoms with Crippen LogP contribution in [0.5, 0.6) is 0 Å². The van der Waals surface area contributed by atoms with Gasteiger partial charge in [-0.15, -0.1) is 5.10 Å². The molecular formula is C27H35N9O2. The van der Waals surface area contributed by atoms with Gasteiger partial charge < -0.3 is 30.4 Å². The second-order valence-corrected chi connectivity index (χ2v) is 10.4. The minimum Gasteiger partial charge on any atom is -0.458 e. The van der Waals surface area contributed by atoms with Crippen LogP contribution >= 0.6 is 0 Å². The summed E-state index contributed by atoms with van der Waals surface area (Å²) in [5, 5.41) is 26.2. The van der Waals surface area contributed by atoms with E-state index in [9.17, 15) is 5.11 Å². The van der Waals surface area contributed by atoms with E-state index in [4.69, 9.17) is 20.0 Å². The van der Waals surface area contributed by atoms with E-state index >= 15 is 0 Å². The van der Waals surface area contributed by atoms with E-state index in [0.717, 1.165) is 87.8 Å². The number of benzene rings is 1. The zero-order chi connectivity index (χ0) is 25.9. The minimum absolute atomic E-state index is 0.212. The van der Waals surface area contributed by atoms with Crippen molar-refractivity contribution in [2.45, 2.75) is 38.3 Å². The highest BCUT2D eigenvalue weighted by Gasteiger charge is 2.44. The topological polar surface area (TPSA) is 128 Å². The van der Waals surface area contributed by atoms with Crippen molar-refractivity contribution in [3.63, 3.8) is 0 Å². The zero-order valence-electron chi connectivity index (χ0n) is 21.6. The van der Waals surface area contributed by atoms with E-state index in [2.05, 4.69) is 60.9 Å². The number of hydrazone groups is 1. The standard InChI is InChI=1S/C27H35N9O2/c28-9-6-19-7-12-36(13-8-19)27-31-22-18-29-33-26-24(38-26)23(22)25(32-27)30-20-2-4-21(5-3-20)35-11-1-10-34(14-15-35)16-17-37/h2-5,19,24,29,37H,1,6-8,10-18H2,(H,30,31,32). The summed E-state index contributed by atoms with van der Waals surface area (Å²) < 4.78 is 5.72. The Morgan fingerprint density at radius 2 is 1.89 bits per heavy atom. The van der Waals surface area contributed by atoms with E-state index in [1.807, 2.05) is 0 Å². The molecule has 0 bridgehead atoms. The Morgan fingerprint density at radius 1 is 1.05 bits per heavy atom. The van der Waals surface area contributed by atoms with E-state index in [1.54, 1.807) is 0 Å². The highest BCUT2D eigenvalue weighted by molar-refractivity contribution is 5.96. The highest BCUT2D eigenvalue weighted by atomic mass is 16.6. The van der Waals surface area contributed by atoms with Gasteiger partial charge >= 0.3 is 0 Å². The van der Waals surface area contributed by atoms with Crippen LogP contribution in [0, 0.1) is 17.2 Å². The Morgan fingerprint density at radius 3 is 2.68 bits per heavy atom. The fourth-order valence-corrected chi connectivity index (χ4v) is 5.65. The second kappa shape index (κ2) is 11.0. The number of ether oxygens (including phenoxy) is 1. The van der Waals surface area contributed by atoms with Gasteiger partial charge in [-0.25, -0.2) is 4.98 Å².